The Bertz CT molecular complexity index is 474. The zero-order chi connectivity index (χ0) is 11.2. The molecule has 0 radical (unpaired) electrons. The fraction of sp³-hybridized carbons (Fsp3) is 0.500. The lowest BCUT2D eigenvalue weighted by Crippen LogP contribution is -2.00. The van der Waals surface area contributed by atoms with Crippen LogP contribution in [0.2, 0.25) is 0 Å². The first-order valence-corrected chi connectivity index (χ1v) is 6.88. The van der Waals surface area contributed by atoms with Crippen LogP contribution in [0.5, 0.6) is 0 Å². The van der Waals surface area contributed by atoms with Gasteiger partial charge in [-0.3, -0.25) is 0 Å². The van der Waals surface area contributed by atoms with Crippen molar-refractivity contribution in [3.05, 3.63) is 29.3 Å². The first-order valence-electron chi connectivity index (χ1n) is 5.90. The molecule has 1 aromatic rings. The molecule has 0 amide bonds. The van der Waals surface area contributed by atoms with Crippen molar-refractivity contribution in [1.82, 2.24) is 0 Å². The highest BCUT2D eigenvalue weighted by Crippen LogP contribution is 2.58. The Morgan fingerprint density at radius 2 is 2.38 bits per heavy atom. The summed E-state index contributed by atoms with van der Waals surface area (Å²) in [4.78, 5) is 1.45. The van der Waals surface area contributed by atoms with E-state index in [1.807, 2.05) is 11.8 Å². The maximum absolute atomic E-state index is 9.08. The number of hydrogen-bond acceptors (Lipinski definition) is 2. The number of thioether (sulfide) groups is 1. The molecular formula is C14H15NS. The maximum Gasteiger partial charge on any atom is 0.0693 e. The van der Waals surface area contributed by atoms with Crippen molar-refractivity contribution in [3.8, 4) is 6.07 Å². The second kappa shape index (κ2) is 3.53. The fourth-order valence-corrected chi connectivity index (χ4v) is 3.59. The van der Waals surface area contributed by atoms with Crippen LogP contribution in [-0.2, 0) is 6.42 Å². The van der Waals surface area contributed by atoms with Crippen molar-refractivity contribution in [2.75, 3.05) is 5.75 Å². The molecule has 1 fully saturated rings. The summed E-state index contributed by atoms with van der Waals surface area (Å²) in [5.74, 6) is 1.74. The number of hydrogen-bond donors (Lipinski definition) is 0. The lowest BCUT2D eigenvalue weighted by molar-refractivity contribution is 0.725. The first kappa shape index (κ1) is 10.2. The van der Waals surface area contributed by atoms with Crippen molar-refractivity contribution in [3.63, 3.8) is 0 Å². The van der Waals surface area contributed by atoms with Crippen LogP contribution in [0.4, 0.5) is 0 Å². The van der Waals surface area contributed by atoms with Crippen LogP contribution < -0.4 is 0 Å². The molecule has 0 bridgehead atoms. The third-order valence-electron chi connectivity index (χ3n) is 3.83. The SMILES string of the molecule is CC1(C#N)CC1c1ccc2c(c1)CCCS2. The summed E-state index contributed by atoms with van der Waals surface area (Å²) in [5.41, 5.74) is 2.79. The summed E-state index contributed by atoms with van der Waals surface area (Å²) in [6.45, 7) is 2.08. The number of nitriles is 1. The highest BCUT2D eigenvalue weighted by molar-refractivity contribution is 7.99. The lowest BCUT2D eigenvalue weighted by Gasteiger charge is -2.16. The van der Waals surface area contributed by atoms with Gasteiger partial charge < -0.3 is 0 Å². The van der Waals surface area contributed by atoms with Crippen molar-refractivity contribution in [2.24, 2.45) is 5.41 Å². The number of nitrogens with zero attached hydrogens (tertiary/aromatic N) is 1. The smallest absolute Gasteiger partial charge is 0.0693 e. The van der Waals surface area contributed by atoms with Gasteiger partial charge in [0.05, 0.1) is 11.5 Å². The number of fused-ring (bicyclic) bond motifs is 1. The number of rotatable bonds is 1. The summed E-state index contributed by atoms with van der Waals surface area (Å²) >= 11 is 1.97. The summed E-state index contributed by atoms with van der Waals surface area (Å²) < 4.78 is 0. The molecule has 3 rings (SSSR count). The third kappa shape index (κ3) is 1.55. The van der Waals surface area contributed by atoms with Gasteiger partial charge in [0.2, 0.25) is 0 Å². The van der Waals surface area contributed by atoms with Crippen molar-refractivity contribution in [2.45, 2.75) is 37.0 Å². The molecule has 16 heavy (non-hydrogen) atoms. The van der Waals surface area contributed by atoms with Crippen molar-refractivity contribution < 1.29 is 0 Å². The molecule has 1 aromatic carbocycles. The highest BCUT2D eigenvalue weighted by atomic mass is 32.2. The Morgan fingerprint density at radius 3 is 3.12 bits per heavy atom. The largest absolute Gasteiger partial charge is 0.198 e. The Morgan fingerprint density at radius 1 is 1.50 bits per heavy atom. The Hall–Kier alpha value is -0.940. The summed E-state index contributed by atoms with van der Waals surface area (Å²) in [7, 11) is 0. The molecule has 1 aliphatic heterocycles. The van der Waals surface area contributed by atoms with E-state index in [0.29, 0.717) is 5.92 Å². The molecule has 2 atom stereocenters. The van der Waals surface area contributed by atoms with E-state index in [2.05, 4.69) is 31.2 Å². The molecule has 0 N–H and O–H groups in total. The van der Waals surface area contributed by atoms with Gasteiger partial charge in [0.25, 0.3) is 0 Å². The van der Waals surface area contributed by atoms with Crippen LogP contribution in [0.3, 0.4) is 0 Å². The van der Waals surface area contributed by atoms with E-state index in [4.69, 9.17) is 5.26 Å². The van der Waals surface area contributed by atoms with Gasteiger partial charge in [0.15, 0.2) is 0 Å². The van der Waals surface area contributed by atoms with Gasteiger partial charge in [0.1, 0.15) is 0 Å². The minimum Gasteiger partial charge on any atom is -0.198 e. The Balaban J connectivity index is 1.91. The summed E-state index contributed by atoms with van der Waals surface area (Å²) in [6, 6.07) is 9.26. The van der Waals surface area contributed by atoms with Crippen molar-refractivity contribution >= 4 is 11.8 Å². The predicted molar refractivity (Wildman–Crippen MR) is 66.6 cm³/mol. The van der Waals surface area contributed by atoms with Crippen LogP contribution in [0.25, 0.3) is 0 Å². The quantitative estimate of drug-likeness (QED) is 0.732. The molecule has 0 spiro atoms. The molecule has 2 heteroatoms. The molecule has 0 saturated heterocycles. The van der Waals surface area contributed by atoms with E-state index in [0.717, 1.165) is 6.42 Å². The second-order valence-corrected chi connectivity index (χ2v) is 6.24. The van der Waals surface area contributed by atoms with Gasteiger partial charge in [-0.1, -0.05) is 12.1 Å². The normalized spacial score (nSPS) is 31.6. The monoisotopic (exact) mass is 229 g/mol. The van der Waals surface area contributed by atoms with Gasteiger partial charge in [0, 0.05) is 10.8 Å². The first-order chi connectivity index (χ1) is 7.73. The van der Waals surface area contributed by atoms with E-state index < -0.39 is 0 Å². The minimum atomic E-state index is -0.0873. The van der Waals surface area contributed by atoms with E-state index in [-0.39, 0.29) is 5.41 Å². The summed E-state index contributed by atoms with van der Waals surface area (Å²) in [6.07, 6.45) is 3.54. The maximum atomic E-state index is 9.08. The van der Waals surface area contributed by atoms with Crippen molar-refractivity contribution in [1.29, 1.82) is 5.26 Å². The third-order valence-corrected chi connectivity index (χ3v) is 5.03. The van der Waals surface area contributed by atoms with E-state index in [1.165, 1.54) is 34.6 Å². The fourth-order valence-electron chi connectivity index (χ4n) is 2.57. The van der Waals surface area contributed by atoms with Crippen LogP contribution in [0.15, 0.2) is 23.1 Å². The molecule has 2 unspecified atom stereocenters. The zero-order valence-electron chi connectivity index (χ0n) is 9.49. The number of aryl methyl sites for hydroxylation is 1. The van der Waals surface area contributed by atoms with Crippen LogP contribution in [0, 0.1) is 16.7 Å². The zero-order valence-corrected chi connectivity index (χ0v) is 10.3. The molecule has 82 valence electrons. The molecule has 1 saturated carbocycles. The predicted octanol–water partition coefficient (Wildman–Crippen LogP) is 3.74. The Labute approximate surface area is 101 Å². The standard InChI is InChI=1S/C14H15NS/c1-14(9-15)8-12(14)10-4-5-13-11(7-10)3-2-6-16-13/h4-5,7,12H,2-3,6,8H2,1H3. The lowest BCUT2D eigenvalue weighted by atomic mass is 9.99. The van der Waals surface area contributed by atoms with Gasteiger partial charge in [-0.15, -0.1) is 11.8 Å². The van der Waals surface area contributed by atoms with Gasteiger partial charge >= 0.3 is 0 Å². The van der Waals surface area contributed by atoms with E-state index in [1.54, 1.807) is 0 Å². The molecule has 1 aliphatic carbocycles. The molecule has 2 aliphatic rings. The minimum absolute atomic E-state index is 0.0873. The second-order valence-electron chi connectivity index (χ2n) is 5.11. The van der Waals surface area contributed by atoms with Crippen LogP contribution >= 0.6 is 11.8 Å². The topological polar surface area (TPSA) is 23.8 Å². The van der Waals surface area contributed by atoms with Gasteiger partial charge in [-0.2, -0.15) is 5.26 Å². The van der Waals surface area contributed by atoms with E-state index >= 15 is 0 Å². The highest BCUT2D eigenvalue weighted by Gasteiger charge is 2.51. The molecular weight excluding hydrogens is 214 g/mol. The number of benzene rings is 1. The Kier molecular flexibility index (Phi) is 2.26. The average molecular weight is 229 g/mol. The average Bonchev–Trinajstić information content (AvgIpc) is 3.02. The summed E-state index contributed by atoms with van der Waals surface area (Å²) in [5, 5.41) is 9.08. The molecule has 1 nitrogen and oxygen atoms in total. The van der Waals surface area contributed by atoms with Gasteiger partial charge in [-0.25, -0.2) is 0 Å². The van der Waals surface area contributed by atoms with Crippen LogP contribution in [0.1, 0.15) is 36.8 Å². The molecule has 1 heterocycles. The van der Waals surface area contributed by atoms with E-state index in [9.17, 15) is 0 Å². The van der Waals surface area contributed by atoms with Crippen LogP contribution in [-0.4, -0.2) is 5.75 Å². The van der Waals surface area contributed by atoms with Gasteiger partial charge in [-0.05, 0) is 49.1 Å². The molecule has 0 aromatic heterocycles.